The van der Waals surface area contributed by atoms with E-state index in [0.717, 1.165) is 0 Å². The molecule has 0 unspecified atom stereocenters. The summed E-state index contributed by atoms with van der Waals surface area (Å²) >= 11 is 11.8. The molecule has 0 aliphatic carbocycles. The van der Waals surface area contributed by atoms with Gasteiger partial charge in [-0.05, 0) is 43.7 Å². The molecule has 0 bridgehead atoms. The fourth-order valence-electron chi connectivity index (χ4n) is 3.17. The smallest absolute Gasteiger partial charge is 0.341 e. The monoisotopic (exact) mass is 402 g/mol. The first-order valence-corrected chi connectivity index (χ1v) is 8.99. The second-order valence-electron chi connectivity index (χ2n) is 5.93. The third kappa shape index (κ3) is 3.48. The number of pyridine rings is 2. The Hall–Kier alpha value is -2.63. The maximum atomic E-state index is 13.2. The lowest BCUT2D eigenvalue weighted by molar-refractivity contribution is 0.0695. The number of benzene rings is 1. The third-order valence-corrected chi connectivity index (χ3v) is 4.84. The van der Waals surface area contributed by atoms with Crippen LogP contribution >= 0.6 is 23.2 Å². The molecule has 3 aromatic rings. The maximum Gasteiger partial charge on any atom is 0.341 e. The average molecular weight is 403 g/mol. The minimum absolute atomic E-state index is 0.266. The number of hydrogen-bond acceptors (Lipinski definition) is 3. The number of carboxylic acid groups (broad SMARTS) is 1. The van der Waals surface area contributed by atoms with Crippen molar-refractivity contribution in [2.24, 2.45) is 0 Å². The van der Waals surface area contributed by atoms with E-state index < -0.39 is 11.4 Å². The lowest BCUT2D eigenvalue weighted by Crippen LogP contribution is -2.25. The van der Waals surface area contributed by atoms with Crippen molar-refractivity contribution in [3.05, 3.63) is 74.1 Å². The van der Waals surface area contributed by atoms with Crippen LogP contribution in [0.1, 0.15) is 23.0 Å². The highest BCUT2D eigenvalue weighted by Crippen LogP contribution is 2.29. The fraction of sp³-hybridized carbons (Fsp3) is 0.150. The Morgan fingerprint density at radius 1 is 1.11 bits per heavy atom. The molecule has 138 valence electrons. The van der Waals surface area contributed by atoms with Crippen molar-refractivity contribution in [1.82, 2.24) is 9.55 Å². The van der Waals surface area contributed by atoms with E-state index in [1.165, 1.54) is 6.20 Å². The van der Waals surface area contributed by atoms with Gasteiger partial charge >= 0.3 is 5.97 Å². The summed E-state index contributed by atoms with van der Waals surface area (Å²) in [4.78, 5) is 29.4. The molecule has 2 heterocycles. The van der Waals surface area contributed by atoms with Crippen molar-refractivity contribution in [1.29, 1.82) is 0 Å². The summed E-state index contributed by atoms with van der Waals surface area (Å²) in [7, 11) is 0. The molecule has 5 nitrogen and oxygen atoms in total. The quantitative estimate of drug-likeness (QED) is 0.672. The lowest BCUT2D eigenvalue weighted by Gasteiger charge is -2.20. The number of aromatic nitrogens is 2. The Balaban J connectivity index is 2.42. The number of carboxylic acids is 1. The Morgan fingerprint density at radius 3 is 2.26 bits per heavy atom. The Morgan fingerprint density at radius 2 is 1.74 bits per heavy atom. The van der Waals surface area contributed by atoms with Gasteiger partial charge in [0.2, 0.25) is 5.43 Å². The minimum Gasteiger partial charge on any atom is -0.477 e. The van der Waals surface area contributed by atoms with Crippen molar-refractivity contribution >= 4 is 29.2 Å². The van der Waals surface area contributed by atoms with Gasteiger partial charge in [0, 0.05) is 29.0 Å². The molecule has 1 N–H and O–H groups in total. The number of halogens is 2. The Bertz CT molecular complexity index is 1070. The summed E-state index contributed by atoms with van der Waals surface area (Å²) in [6.45, 7) is 4.14. The highest BCUT2D eigenvalue weighted by atomic mass is 35.5. The molecule has 0 saturated carbocycles. The largest absolute Gasteiger partial charge is 0.477 e. The predicted molar refractivity (Wildman–Crippen MR) is 107 cm³/mol. The van der Waals surface area contributed by atoms with Crippen LogP contribution in [0.4, 0.5) is 0 Å². The number of rotatable bonds is 4. The van der Waals surface area contributed by atoms with Crippen LogP contribution in [-0.4, -0.2) is 20.6 Å². The van der Waals surface area contributed by atoms with Crippen molar-refractivity contribution in [2.45, 2.75) is 20.4 Å². The number of hydrogen-bond donors (Lipinski definition) is 1. The minimum atomic E-state index is -1.30. The molecule has 0 atom stereocenters. The van der Waals surface area contributed by atoms with E-state index in [-0.39, 0.29) is 11.3 Å². The van der Waals surface area contributed by atoms with Gasteiger partial charge in [-0.25, -0.2) is 4.79 Å². The van der Waals surface area contributed by atoms with E-state index in [1.807, 2.05) is 6.92 Å². The first-order valence-electron chi connectivity index (χ1n) is 8.23. The van der Waals surface area contributed by atoms with Crippen molar-refractivity contribution in [2.75, 3.05) is 0 Å². The van der Waals surface area contributed by atoms with E-state index in [4.69, 9.17) is 23.2 Å². The van der Waals surface area contributed by atoms with Gasteiger partial charge in [-0.15, -0.1) is 0 Å². The van der Waals surface area contributed by atoms with Crippen LogP contribution in [0.2, 0.25) is 10.0 Å². The summed E-state index contributed by atoms with van der Waals surface area (Å²) in [5.74, 6) is -1.30. The zero-order valence-corrected chi connectivity index (χ0v) is 16.2. The zero-order chi connectivity index (χ0) is 19.7. The first-order chi connectivity index (χ1) is 12.8. The highest BCUT2D eigenvalue weighted by Gasteiger charge is 2.26. The molecule has 27 heavy (non-hydrogen) atoms. The summed E-state index contributed by atoms with van der Waals surface area (Å²) in [5.41, 5.74) is 1.37. The molecular formula is C20H16Cl2N2O3. The SMILES string of the molecule is CCn1c(C)c(-c2ccc(Cl)cc2)c(=O)c(C(=O)O)c1-c1ccc(Cl)cn1. The number of carbonyl (C=O) groups is 1. The normalized spacial score (nSPS) is 10.8. The second-order valence-corrected chi connectivity index (χ2v) is 6.80. The molecule has 7 heteroatoms. The molecule has 0 amide bonds. The molecule has 0 spiro atoms. The van der Waals surface area contributed by atoms with Gasteiger partial charge in [-0.3, -0.25) is 9.78 Å². The van der Waals surface area contributed by atoms with Crippen LogP contribution in [-0.2, 0) is 6.54 Å². The van der Waals surface area contributed by atoms with Crippen LogP contribution in [0.25, 0.3) is 22.5 Å². The summed E-state index contributed by atoms with van der Waals surface area (Å²) in [6, 6.07) is 9.97. The average Bonchev–Trinajstić information content (AvgIpc) is 2.63. The summed E-state index contributed by atoms with van der Waals surface area (Å²) in [6.07, 6.45) is 1.43. The van der Waals surface area contributed by atoms with E-state index in [1.54, 1.807) is 47.9 Å². The van der Waals surface area contributed by atoms with E-state index in [2.05, 4.69) is 4.98 Å². The van der Waals surface area contributed by atoms with Gasteiger partial charge in [-0.1, -0.05) is 35.3 Å². The maximum absolute atomic E-state index is 13.2. The van der Waals surface area contributed by atoms with Crippen LogP contribution < -0.4 is 5.43 Å². The van der Waals surface area contributed by atoms with E-state index in [9.17, 15) is 14.7 Å². The molecular weight excluding hydrogens is 387 g/mol. The van der Waals surface area contributed by atoms with Crippen molar-refractivity contribution in [3.8, 4) is 22.5 Å². The van der Waals surface area contributed by atoms with Crippen LogP contribution in [0.15, 0.2) is 47.4 Å². The molecule has 0 saturated heterocycles. The first kappa shape index (κ1) is 19.1. The highest BCUT2D eigenvalue weighted by molar-refractivity contribution is 6.30. The molecule has 3 rings (SSSR count). The topological polar surface area (TPSA) is 72.2 Å². The van der Waals surface area contributed by atoms with E-state index in [0.29, 0.717) is 39.1 Å². The fourth-order valence-corrected chi connectivity index (χ4v) is 3.40. The predicted octanol–water partition coefficient (Wildman–Crippen LogP) is 4.91. The van der Waals surface area contributed by atoms with Crippen LogP contribution in [0, 0.1) is 6.92 Å². The third-order valence-electron chi connectivity index (χ3n) is 4.36. The van der Waals surface area contributed by atoms with Gasteiger partial charge in [0.15, 0.2) is 0 Å². The second kappa shape index (κ2) is 7.55. The lowest BCUT2D eigenvalue weighted by atomic mass is 9.97. The Labute approximate surface area is 165 Å². The standard InChI is InChI=1S/C20H16Cl2N2O3/c1-3-24-11(2)16(12-4-6-13(21)7-5-12)19(25)17(20(26)27)18(24)15-9-8-14(22)10-23-15/h4-10H,3H2,1-2H3,(H,26,27). The summed E-state index contributed by atoms with van der Waals surface area (Å²) in [5, 5.41) is 10.8. The molecule has 0 aliphatic heterocycles. The molecule has 2 aromatic heterocycles. The molecule has 0 radical (unpaired) electrons. The van der Waals surface area contributed by atoms with Gasteiger partial charge < -0.3 is 9.67 Å². The Kier molecular flexibility index (Phi) is 5.35. The van der Waals surface area contributed by atoms with Gasteiger partial charge in [-0.2, -0.15) is 0 Å². The molecule has 1 aromatic carbocycles. The zero-order valence-electron chi connectivity index (χ0n) is 14.7. The van der Waals surface area contributed by atoms with Gasteiger partial charge in [0.25, 0.3) is 0 Å². The van der Waals surface area contributed by atoms with Gasteiger partial charge in [0.05, 0.1) is 16.4 Å². The van der Waals surface area contributed by atoms with Crippen molar-refractivity contribution in [3.63, 3.8) is 0 Å². The molecule has 0 fully saturated rings. The number of aromatic carboxylic acids is 1. The van der Waals surface area contributed by atoms with Crippen molar-refractivity contribution < 1.29 is 9.90 Å². The molecule has 0 aliphatic rings. The number of nitrogens with zero attached hydrogens (tertiary/aromatic N) is 2. The van der Waals surface area contributed by atoms with Crippen LogP contribution in [0.5, 0.6) is 0 Å². The van der Waals surface area contributed by atoms with E-state index >= 15 is 0 Å². The summed E-state index contributed by atoms with van der Waals surface area (Å²) < 4.78 is 1.78. The van der Waals surface area contributed by atoms with Crippen LogP contribution in [0.3, 0.4) is 0 Å². The van der Waals surface area contributed by atoms with Gasteiger partial charge in [0.1, 0.15) is 5.56 Å².